The Morgan fingerprint density at radius 3 is 2.79 bits per heavy atom. The van der Waals surface area contributed by atoms with E-state index in [2.05, 4.69) is 0 Å². The lowest BCUT2D eigenvalue weighted by atomic mass is 10.3. The van der Waals surface area contributed by atoms with Crippen molar-refractivity contribution in [2.24, 2.45) is 0 Å². The van der Waals surface area contributed by atoms with Gasteiger partial charge in [-0.25, -0.2) is 0 Å². The van der Waals surface area contributed by atoms with Crippen LogP contribution in [0, 0.1) is 0 Å². The molecule has 2 rings (SSSR count). The number of amides is 1. The molecule has 19 heavy (non-hydrogen) atoms. The second-order valence-electron chi connectivity index (χ2n) is 4.06. The molecule has 0 aliphatic carbocycles. The van der Waals surface area contributed by atoms with Gasteiger partial charge in [0, 0.05) is 25.5 Å². The predicted octanol–water partition coefficient (Wildman–Crippen LogP) is 2.70. The summed E-state index contributed by atoms with van der Waals surface area (Å²) in [6.45, 7) is 6.28. The van der Waals surface area contributed by atoms with Crippen molar-refractivity contribution in [3.63, 3.8) is 0 Å². The number of ether oxygens (including phenoxy) is 2. The van der Waals surface area contributed by atoms with Crippen LogP contribution in [0.5, 0.6) is 0 Å². The summed E-state index contributed by atoms with van der Waals surface area (Å²) in [6, 6.07) is 1.91. The number of fused-ring (bicyclic) bond motifs is 1. The number of carbonyl (C=O) groups excluding carboxylic acids is 1. The first-order chi connectivity index (χ1) is 9.26. The van der Waals surface area contributed by atoms with Gasteiger partial charge < -0.3 is 14.4 Å². The van der Waals surface area contributed by atoms with Gasteiger partial charge in [-0.2, -0.15) is 0 Å². The van der Waals surface area contributed by atoms with Crippen molar-refractivity contribution in [1.82, 2.24) is 4.90 Å². The van der Waals surface area contributed by atoms with Crippen molar-refractivity contribution in [3.05, 3.63) is 17.0 Å². The SMILES string of the molecule is CCOC(CN1CCSc2sccc2C1=O)OCC. The highest BCUT2D eigenvalue weighted by Crippen LogP contribution is 2.32. The molecule has 0 N–H and O–H groups in total. The highest BCUT2D eigenvalue weighted by atomic mass is 32.2. The summed E-state index contributed by atoms with van der Waals surface area (Å²) in [5.74, 6) is 1.01. The predicted molar refractivity (Wildman–Crippen MR) is 78.0 cm³/mol. The number of thioether (sulfide) groups is 1. The molecule has 1 aliphatic rings. The average molecular weight is 301 g/mol. The zero-order chi connectivity index (χ0) is 13.7. The van der Waals surface area contributed by atoms with Crippen molar-refractivity contribution in [2.75, 3.05) is 32.1 Å². The van der Waals surface area contributed by atoms with Crippen LogP contribution in [0.15, 0.2) is 15.7 Å². The first kappa shape index (κ1) is 14.8. The van der Waals surface area contributed by atoms with Crippen molar-refractivity contribution in [1.29, 1.82) is 0 Å². The van der Waals surface area contributed by atoms with Gasteiger partial charge in [0.2, 0.25) is 0 Å². The highest BCUT2D eigenvalue weighted by molar-refractivity contribution is 8.01. The number of hydrogen-bond donors (Lipinski definition) is 0. The molecule has 0 saturated carbocycles. The van der Waals surface area contributed by atoms with E-state index in [1.165, 1.54) is 0 Å². The van der Waals surface area contributed by atoms with Crippen molar-refractivity contribution in [3.8, 4) is 0 Å². The number of hydrogen-bond acceptors (Lipinski definition) is 5. The van der Waals surface area contributed by atoms with Gasteiger partial charge >= 0.3 is 0 Å². The molecular formula is C13H19NO3S2. The fourth-order valence-corrected chi connectivity index (χ4v) is 4.07. The van der Waals surface area contributed by atoms with E-state index in [-0.39, 0.29) is 12.2 Å². The summed E-state index contributed by atoms with van der Waals surface area (Å²) in [4.78, 5) is 14.3. The molecule has 1 aliphatic heterocycles. The maximum Gasteiger partial charge on any atom is 0.256 e. The van der Waals surface area contributed by atoms with E-state index in [0.29, 0.717) is 19.8 Å². The normalized spacial score (nSPS) is 15.7. The Kier molecular flexibility index (Phi) is 5.69. The molecule has 0 aromatic carbocycles. The third-order valence-corrected chi connectivity index (χ3v) is 5.03. The Labute approximate surface area is 122 Å². The second kappa shape index (κ2) is 7.28. The van der Waals surface area contributed by atoms with E-state index in [0.717, 1.165) is 22.1 Å². The standard InChI is InChI=1S/C13H19NO3S2/c1-3-16-11(17-4-2)9-14-6-8-19-13-10(12(14)15)5-7-18-13/h5,7,11H,3-4,6,8-9H2,1-2H3. The molecule has 1 amide bonds. The highest BCUT2D eigenvalue weighted by Gasteiger charge is 2.26. The van der Waals surface area contributed by atoms with E-state index < -0.39 is 0 Å². The van der Waals surface area contributed by atoms with Gasteiger partial charge in [0.1, 0.15) is 0 Å². The quantitative estimate of drug-likeness (QED) is 0.757. The van der Waals surface area contributed by atoms with Crippen LogP contribution in [-0.2, 0) is 9.47 Å². The van der Waals surface area contributed by atoms with Gasteiger partial charge in [0.05, 0.1) is 16.3 Å². The average Bonchev–Trinajstić information content (AvgIpc) is 2.80. The van der Waals surface area contributed by atoms with Crippen LogP contribution < -0.4 is 0 Å². The molecule has 0 radical (unpaired) electrons. The van der Waals surface area contributed by atoms with E-state index in [9.17, 15) is 4.79 Å². The number of thiophene rings is 1. The molecule has 0 atom stereocenters. The molecule has 0 bridgehead atoms. The van der Waals surface area contributed by atoms with Crippen LogP contribution in [0.2, 0.25) is 0 Å². The Morgan fingerprint density at radius 2 is 2.11 bits per heavy atom. The van der Waals surface area contributed by atoms with E-state index in [1.54, 1.807) is 23.1 Å². The van der Waals surface area contributed by atoms with Gasteiger partial charge in [-0.05, 0) is 25.3 Å². The minimum Gasteiger partial charge on any atom is -0.351 e. The molecule has 0 unspecified atom stereocenters. The smallest absolute Gasteiger partial charge is 0.256 e. The molecular weight excluding hydrogens is 282 g/mol. The third-order valence-electron chi connectivity index (χ3n) is 2.82. The first-order valence-corrected chi connectivity index (χ1v) is 8.35. The molecule has 1 aromatic rings. The largest absolute Gasteiger partial charge is 0.351 e. The number of nitrogens with zero attached hydrogens (tertiary/aromatic N) is 1. The lowest BCUT2D eigenvalue weighted by Crippen LogP contribution is -2.40. The summed E-state index contributed by atoms with van der Waals surface area (Å²) in [6.07, 6.45) is -0.330. The zero-order valence-electron chi connectivity index (χ0n) is 11.3. The Balaban J connectivity index is 2.05. The lowest BCUT2D eigenvalue weighted by Gasteiger charge is -2.26. The van der Waals surface area contributed by atoms with Crippen molar-refractivity contribution in [2.45, 2.75) is 24.3 Å². The second-order valence-corrected chi connectivity index (χ2v) is 6.34. The topological polar surface area (TPSA) is 38.8 Å². The van der Waals surface area contributed by atoms with Gasteiger partial charge in [0.25, 0.3) is 5.91 Å². The Bertz CT molecular complexity index is 416. The minimum absolute atomic E-state index is 0.0886. The summed E-state index contributed by atoms with van der Waals surface area (Å²) < 4.78 is 12.2. The summed E-state index contributed by atoms with van der Waals surface area (Å²) in [5.41, 5.74) is 0.819. The van der Waals surface area contributed by atoms with Crippen molar-refractivity contribution >= 4 is 29.0 Å². The van der Waals surface area contributed by atoms with Gasteiger partial charge in [0.15, 0.2) is 6.29 Å². The maximum absolute atomic E-state index is 12.4. The summed E-state index contributed by atoms with van der Waals surface area (Å²) in [5, 5.41) is 1.97. The lowest BCUT2D eigenvalue weighted by molar-refractivity contribution is -0.143. The monoisotopic (exact) mass is 301 g/mol. The Morgan fingerprint density at radius 1 is 1.37 bits per heavy atom. The fourth-order valence-electron chi connectivity index (χ4n) is 1.97. The van der Waals surface area contributed by atoms with E-state index in [1.807, 2.05) is 30.2 Å². The van der Waals surface area contributed by atoms with Gasteiger partial charge in [-0.1, -0.05) is 0 Å². The Hall–Kier alpha value is -0.560. The summed E-state index contributed by atoms with van der Waals surface area (Å²) in [7, 11) is 0. The molecule has 0 fully saturated rings. The van der Waals surface area contributed by atoms with Crippen LogP contribution >= 0.6 is 23.1 Å². The van der Waals surface area contributed by atoms with E-state index in [4.69, 9.17) is 9.47 Å². The molecule has 0 saturated heterocycles. The van der Waals surface area contributed by atoms with Crippen LogP contribution in [0.1, 0.15) is 24.2 Å². The van der Waals surface area contributed by atoms with E-state index >= 15 is 0 Å². The number of rotatable bonds is 6. The first-order valence-electron chi connectivity index (χ1n) is 6.49. The molecule has 4 nitrogen and oxygen atoms in total. The van der Waals surface area contributed by atoms with Crippen LogP contribution in [-0.4, -0.2) is 49.2 Å². The third kappa shape index (κ3) is 3.72. The fraction of sp³-hybridized carbons (Fsp3) is 0.615. The molecule has 0 spiro atoms. The van der Waals surface area contributed by atoms with Crippen LogP contribution in [0.4, 0.5) is 0 Å². The zero-order valence-corrected chi connectivity index (χ0v) is 12.9. The molecule has 6 heteroatoms. The van der Waals surface area contributed by atoms with Crippen LogP contribution in [0.25, 0.3) is 0 Å². The molecule has 106 valence electrons. The van der Waals surface area contributed by atoms with Crippen LogP contribution in [0.3, 0.4) is 0 Å². The molecule has 2 heterocycles. The van der Waals surface area contributed by atoms with Crippen molar-refractivity contribution < 1.29 is 14.3 Å². The van der Waals surface area contributed by atoms with Gasteiger partial charge in [-0.3, -0.25) is 4.79 Å². The number of carbonyl (C=O) groups is 1. The maximum atomic E-state index is 12.4. The molecule has 1 aromatic heterocycles. The minimum atomic E-state index is -0.330. The summed E-state index contributed by atoms with van der Waals surface area (Å²) >= 11 is 3.39. The van der Waals surface area contributed by atoms with Gasteiger partial charge in [-0.15, -0.1) is 23.1 Å².